The summed E-state index contributed by atoms with van der Waals surface area (Å²) in [6.07, 6.45) is 4.86. The molecule has 6 heteroatoms. The second-order valence-electron chi connectivity index (χ2n) is 7.64. The summed E-state index contributed by atoms with van der Waals surface area (Å²) in [5.41, 5.74) is 2.63. The van der Waals surface area contributed by atoms with Gasteiger partial charge in [0.05, 0.1) is 10.9 Å². The van der Waals surface area contributed by atoms with Crippen molar-refractivity contribution in [1.29, 1.82) is 0 Å². The third kappa shape index (κ3) is 5.25. The van der Waals surface area contributed by atoms with Crippen LogP contribution in [0.4, 0.5) is 0 Å². The molecule has 29 heavy (non-hydrogen) atoms. The van der Waals surface area contributed by atoms with Gasteiger partial charge in [0.25, 0.3) is 5.91 Å². The number of hydrogen-bond acceptors (Lipinski definition) is 3. The predicted molar refractivity (Wildman–Crippen MR) is 115 cm³/mol. The summed E-state index contributed by atoms with van der Waals surface area (Å²) >= 11 is 0. The molecule has 1 heterocycles. The average molecular weight is 415 g/mol. The molecule has 3 rings (SSSR count). The molecular weight excluding hydrogens is 384 g/mol. The van der Waals surface area contributed by atoms with Gasteiger partial charge in [-0.25, -0.2) is 8.42 Å². The van der Waals surface area contributed by atoms with Gasteiger partial charge in [-0.1, -0.05) is 50.1 Å². The molecule has 0 saturated carbocycles. The van der Waals surface area contributed by atoms with Gasteiger partial charge in [0, 0.05) is 18.7 Å². The summed E-state index contributed by atoms with van der Waals surface area (Å²) in [5.74, 6) is -0.273. The van der Waals surface area contributed by atoms with Crippen LogP contribution in [0.25, 0.3) is 0 Å². The Hall–Kier alpha value is -2.18. The zero-order chi connectivity index (χ0) is 20.9. The third-order valence-electron chi connectivity index (χ3n) is 5.53. The second-order valence-corrected chi connectivity index (χ2v) is 9.57. The molecule has 0 aliphatic carbocycles. The molecule has 1 aliphatic heterocycles. The monoisotopic (exact) mass is 414 g/mol. The summed E-state index contributed by atoms with van der Waals surface area (Å²) in [6.45, 7) is 5.12. The van der Waals surface area contributed by atoms with Gasteiger partial charge in [0.2, 0.25) is 10.0 Å². The maximum atomic E-state index is 13.0. The van der Waals surface area contributed by atoms with E-state index >= 15 is 0 Å². The number of amides is 1. The minimum absolute atomic E-state index is 0.167. The van der Waals surface area contributed by atoms with E-state index in [1.165, 1.54) is 11.6 Å². The van der Waals surface area contributed by atoms with Crippen LogP contribution < -0.4 is 5.32 Å². The van der Waals surface area contributed by atoms with Crippen molar-refractivity contribution in [3.63, 3.8) is 0 Å². The Balaban J connectivity index is 1.74. The van der Waals surface area contributed by atoms with Crippen LogP contribution >= 0.6 is 0 Å². The number of carbonyl (C=O) groups is 1. The van der Waals surface area contributed by atoms with E-state index in [-0.39, 0.29) is 16.8 Å². The van der Waals surface area contributed by atoms with E-state index in [4.69, 9.17) is 0 Å². The zero-order valence-electron chi connectivity index (χ0n) is 17.2. The van der Waals surface area contributed by atoms with E-state index in [0.29, 0.717) is 18.7 Å². The highest BCUT2D eigenvalue weighted by atomic mass is 32.2. The van der Waals surface area contributed by atoms with E-state index in [1.807, 2.05) is 19.1 Å². The smallest absolute Gasteiger partial charge is 0.251 e. The van der Waals surface area contributed by atoms with Gasteiger partial charge in [0.15, 0.2) is 0 Å². The fraction of sp³-hybridized carbons (Fsp3) is 0.435. The lowest BCUT2D eigenvalue weighted by molar-refractivity contribution is 0.0939. The number of rotatable bonds is 6. The van der Waals surface area contributed by atoms with Gasteiger partial charge in [-0.05, 0) is 55.5 Å². The Morgan fingerprint density at radius 1 is 1.03 bits per heavy atom. The molecule has 1 amide bonds. The number of carbonyl (C=O) groups excluding carboxylic acids is 1. The van der Waals surface area contributed by atoms with Crippen molar-refractivity contribution in [3.8, 4) is 0 Å². The summed E-state index contributed by atoms with van der Waals surface area (Å²) < 4.78 is 27.6. The lowest BCUT2D eigenvalue weighted by Crippen LogP contribution is -2.32. The summed E-state index contributed by atoms with van der Waals surface area (Å²) in [5, 5.41) is 2.97. The molecule has 1 saturated heterocycles. The van der Waals surface area contributed by atoms with Gasteiger partial charge in [-0.3, -0.25) is 4.79 Å². The number of benzene rings is 2. The minimum Gasteiger partial charge on any atom is -0.346 e. The lowest BCUT2D eigenvalue weighted by Gasteiger charge is -2.20. The Kier molecular flexibility index (Phi) is 7.09. The van der Waals surface area contributed by atoms with E-state index in [2.05, 4.69) is 24.4 Å². The van der Waals surface area contributed by atoms with Crippen molar-refractivity contribution in [2.24, 2.45) is 0 Å². The molecule has 0 unspecified atom stereocenters. The molecule has 0 radical (unpaired) electrons. The quantitative estimate of drug-likeness (QED) is 0.766. The Morgan fingerprint density at radius 3 is 2.31 bits per heavy atom. The fourth-order valence-electron chi connectivity index (χ4n) is 3.63. The number of nitrogens with one attached hydrogen (secondary N) is 1. The Bertz CT molecular complexity index is 931. The average Bonchev–Trinajstić information content (AvgIpc) is 3.04. The minimum atomic E-state index is -3.58. The van der Waals surface area contributed by atoms with Crippen molar-refractivity contribution in [2.75, 3.05) is 13.1 Å². The van der Waals surface area contributed by atoms with Crippen molar-refractivity contribution in [2.45, 2.75) is 56.9 Å². The maximum absolute atomic E-state index is 13.0. The third-order valence-corrected chi connectivity index (χ3v) is 7.43. The number of nitrogens with zero attached hydrogens (tertiary/aromatic N) is 1. The SMILES string of the molecule is CCc1ccc([C@H](C)NC(=O)c2cccc(S(=O)(=O)N3CCCCCC3)c2)cc1. The topological polar surface area (TPSA) is 66.5 Å². The van der Waals surface area contributed by atoms with Crippen LogP contribution in [0, 0.1) is 0 Å². The molecule has 0 spiro atoms. The summed E-state index contributed by atoms with van der Waals surface area (Å²) in [7, 11) is -3.58. The van der Waals surface area contributed by atoms with Gasteiger partial charge in [-0.15, -0.1) is 0 Å². The van der Waals surface area contributed by atoms with Crippen LogP contribution in [0.15, 0.2) is 53.4 Å². The Morgan fingerprint density at radius 2 is 1.69 bits per heavy atom. The largest absolute Gasteiger partial charge is 0.346 e. The highest BCUT2D eigenvalue weighted by Gasteiger charge is 2.26. The first-order valence-electron chi connectivity index (χ1n) is 10.4. The highest BCUT2D eigenvalue weighted by molar-refractivity contribution is 7.89. The number of hydrogen-bond donors (Lipinski definition) is 1. The van der Waals surface area contributed by atoms with E-state index in [9.17, 15) is 13.2 Å². The first kappa shape index (κ1) is 21.5. The number of sulfonamides is 1. The molecule has 2 aromatic carbocycles. The molecule has 0 bridgehead atoms. The second kappa shape index (κ2) is 9.55. The summed E-state index contributed by atoms with van der Waals surface area (Å²) in [6, 6.07) is 14.3. The van der Waals surface area contributed by atoms with Crippen molar-refractivity contribution < 1.29 is 13.2 Å². The molecule has 1 N–H and O–H groups in total. The van der Waals surface area contributed by atoms with Crippen LogP contribution in [-0.4, -0.2) is 31.7 Å². The molecule has 0 aromatic heterocycles. The van der Waals surface area contributed by atoms with Crippen LogP contribution in [0.5, 0.6) is 0 Å². The molecule has 5 nitrogen and oxygen atoms in total. The normalized spacial score (nSPS) is 16.8. The standard InChI is InChI=1S/C23H30N2O3S/c1-3-19-11-13-20(14-12-19)18(2)24-23(26)21-9-8-10-22(17-21)29(27,28)25-15-6-4-5-7-16-25/h8-14,17-18H,3-7,15-16H2,1-2H3,(H,24,26)/t18-/m0/s1. The maximum Gasteiger partial charge on any atom is 0.251 e. The van der Waals surface area contributed by atoms with Gasteiger partial charge < -0.3 is 5.32 Å². The van der Waals surface area contributed by atoms with Crippen LogP contribution in [0.2, 0.25) is 0 Å². The highest BCUT2D eigenvalue weighted by Crippen LogP contribution is 2.22. The first-order chi connectivity index (χ1) is 13.9. The van der Waals surface area contributed by atoms with Crippen molar-refractivity contribution in [1.82, 2.24) is 9.62 Å². The fourth-order valence-corrected chi connectivity index (χ4v) is 5.20. The molecule has 1 atom stereocenters. The van der Waals surface area contributed by atoms with E-state index in [1.54, 1.807) is 22.5 Å². The summed E-state index contributed by atoms with van der Waals surface area (Å²) in [4.78, 5) is 12.9. The molecule has 156 valence electrons. The number of aryl methyl sites for hydroxylation is 1. The van der Waals surface area contributed by atoms with Crippen LogP contribution in [0.1, 0.15) is 67.1 Å². The molecular formula is C23H30N2O3S. The zero-order valence-corrected chi connectivity index (χ0v) is 18.0. The predicted octanol–water partition coefficient (Wildman–Crippen LogP) is 4.30. The van der Waals surface area contributed by atoms with Crippen molar-refractivity contribution in [3.05, 3.63) is 65.2 Å². The molecule has 2 aromatic rings. The Labute approximate surface area is 174 Å². The van der Waals surface area contributed by atoms with E-state index in [0.717, 1.165) is 37.7 Å². The molecule has 1 aliphatic rings. The van der Waals surface area contributed by atoms with Crippen molar-refractivity contribution >= 4 is 15.9 Å². The van der Waals surface area contributed by atoms with Crippen LogP contribution in [-0.2, 0) is 16.4 Å². The van der Waals surface area contributed by atoms with Gasteiger partial charge in [0.1, 0.15) is 0 Å². The van der Waals surface area contributed by atoms with Gasteiger partial charge >= 0.3 is 0 Å². The lowest BCUT2D eigenvalue weighted by atomic mass is 10.0. The van der Waals surface area contributed by atoms with Gasteiger partial charge in [-0.2, -0.15) is 4.31 Å². The first-order valence-corrected chi connectivity index (χ1v) is 11.9. The van der Waals surface area contributed by atoms with E-state index < -0.39 is 10.0 Å². The van der Waals surface area contributed by atoms with Crippen LogP contribution in [0.3, 0.4) is 0 Å². The molecule has 1 fully saturated rings.